The van der Waals surface area contributed by atoms with Gasteiger partial charge in [-0.05, 0) is 31.7 Å². The van der Waals surface area contributed by atoms with Crippen molar-refractivity contribution >= 4 is 12.3 Å². The van der Waals surface area contributed by atoms with Crippen molar-refractivity contribution in [1.29, 1.82) is 0 Å². The van der Waals surface area contributed by atoms with Crippen LogP contribution in [-0.2, 0) is 4.74 Å². The van der Waals surface area contributed by atoms with Crippen LogP contribution in [0.2, 0.25) is 0 Å². The molecule has 1 aromatic rings. The Kier molecular flexibility index (Phi) is 5.74. The molecule has 1 rings (SSSR count). The molecule has 0 aliphatic carbocycles. The van der Waals surface area contributed by atoms with Crippen molar-refractivity contribution in [3.8, 4) is 0 Å². The number of nitrogens with zero attached hydrogens (tertiary/aromatic N) is 1. The van der Waals surface area contributed by atoms with Crippen LogP contribution in [-0.4, -0.2) is 17.9 Å². The summed E-state index contributed by atoms with van der Waals surface area (Å²) in [7, 11) is 0. The van der Waals surface area contributed by atoms with Gasteiger partial charge in [0.05, 0.1) is 0 Å². The molecule has 0 atom stereocenters. The Balaban J connectivity index is 2.66. The van der Waals surface area contributed by atoms with Crippen LogP contribution in [0.4, 0.5) is 4.79 Å². The average Bonchev–Trinajstić information content (AvgIpc) is 2.44. The Morgan fingerprint density at radius 1 is 1.16 bits per heavy atom. The summed E-state index contributed by atoms with van der Waals surface area (Å²) in [6, 6.07) is 7.83. The zero-order valence-electron chi connectivity index (χ0n) is 12.3. The van der Waals surface area contributed by atoms with Crippen LogP contribution in [0.3, 0.4) is 0 Å². The van der Waals surface area contributed by atoms with Crippen LogP contribution in [0.25, 0.3) is 0 Å². The van der Waals surface area contributed by atoms with Gasteiger partial charge in [-0.25, -0.2) is 4.79 Å². The second kappa shape index (κ2) is 7.07. The van der Waals surface area contributed by atoms with Gasteiger partial charge in [0.15, 0.2) is 0 Å². The average molecular weight is 261 g/mol. The highest BCUT2D eigenvalue weighted by molar-refractivity contribution is 5.88. The summed E-state index contributed by atoms with van der Waals surface area (Å²) < 4.78 is 5.49. The fourth-order valence-corrected chi connectivity index (χ4v) is 1.96. The highest BCUT2D eigenvalue weighted by atomic mass is 16.6. The van der Waals surface area contributed by atoms with Gasteiger partial charge in [-0.2, -0.15) is 4.99 Å². The van der Waals surface area contributed by atoms with Gasteiger partial charge in [0.1, 0.15) is 5.60 Å². The number of ether oxygens (including phenoxy) is 1. The van der Waals surface area contributed by atoms with Crippen molar-refractivity contribution in [2.75, 3.05) is 0 Å². The van der Waals surface area contributed by atoms with E-state index in [0.29, 0.717) is 0 Å². The Morgan fingerprint density at radius 2 is 1.68 bits per heavy atom. The Labute approximate surface area is 115 Å². The van der Waals surface area contributed by atoms with Crippen molar-refractivity contribution in [2.24, 2.45) is 4.99 Å². The molecule has 0 saturated carbocycles. The summed E-state index contributed by atoms with van der Waals surface area (Å²) in [6.07, 6.45) is 3.47. The molecule has 0 saturated heterocycles. The quantitative estimate of drug-likeness (QED) is 0.731. The topological polar surface area (TPSA) is 38.7 Å². The lowest BCUT2D eigenvalue weighted by atomic mass is 9.94. The lowest BCUT2D eigenvalue weighted by Crippen LogP contribution is -2.32. The number of carbonyl (C=O) groups is 1. The maximum atomic E-state index is 11.8. The molecule has 0 radical (unpaired) electrons. The molecule has 3 nitrogen and oxygen atoms in total. The van der Waals surface area contributed by atoms with Gasteiger partial charge < -0.3 is 4.74 Å². The summed E-state index contributed by atoms with van der Waals surface area (Å²) in [5.74, 6) is 0. The van der Waals surface area contributed by atoms with Gasteiger partial charge in [0, 0.05) is 6.21 Å². The zero-order valence-corrected chi connectivity index (χ0v) is 12.3. The molecule has 1 aromatic carbocycles. The van der Waals surface area contributed by atoms with Crippen molar-refractivity contribution in [2.45, 2.75) is 52.6 Å². The fraction of sp³-hybridized carbons (Fsp3) is 0.500. The Morgan fingerprint density at radius 3 is 2.16 bits per heavy atom. The first kappa shape index (κ1) is 15.4. The first-order valence-electron chi connectivity index (χ1n) is 6.89. The van der Waals surface area contributed by atoms with Gasteiger partial charge in [-0.3, -0.25) is 0 Å². The molecular weight excluding hydrogens is 238 g/mol. The minimum Gasteiger partial charge on any atom is -0.441 e. The molecule has 0 spiro atoms. The normalized spacial score (nSPS) is 11.8. The standard InChI is InChI=1S/C16H23NO2/c1-5-16(6-2,7-3)19-15(18)17-12-14-10-8-13(4)9-11-14/h8-12H,5-7H2,1-4H3/b17-12+. The van der Waals surface area contributed by atoms with E-state index in [9.17, 15) is 4.79 Å². The molecule has 19 heavy (non-hydrogen) atoms. The minimum absolute atomic E-state index is 0.373. The predicted molar refractivity (Wildman–Crippen MR) is 78.9 cm³/mol. The maximum Gasteiger partial charge on any atom is 0.434 e. The second-order valence-corrected chi connectivity index (χ2v) is 4.78. The van der Waals surface area contributed by atoms with Gasteiger partial charge in [0.2, 0.25) is 0 Å². The summed E-state index contributed by atoms with van der Waals surface area (Å²) in [4.78, 5) is 15.6. The van der Waals surface area contributed by atoms with Crippen LogP contribution < -0.4 is 0 Å². The molecule has 0 aliphatic rings. The first-order chi connectivity index (χ1) is 9.05. The van der Waals surface area contributed by atoms with E-state index in [4.69, 9.17) is 4.74 Å². The summed E-state index contributed by atoms with van der Waals surface area (Å²) in [5.41, 5.74) is 1.71. The van der Waals surface area contributed by atoms with Crippen LogP contribution in [0, 0.1) is 6.92 Å². The number of hydrogen-bond acceptors (Lipinski definition) is 2. The molecule has 0 aromatic heterocycles. The van der Waals surface area contributed by atoms with Crippen LogP contribution in [0.5, 0.6) is 0 Å². The lowest BCUT2D eigenvalue weighted by Gasteiger charge is -2.29. The number of rotatable bonds is 5. The van der Waals surface area contributed by atoms with Crippen molar-refractivity contribution in [1.82, 2.24) is 0 Å². The van der Waals surface area contributed by atoms with Gasteiger partial charge >= 0.3 is 6.09 Å². The van der Waals surface area contributed by atoms with E-state index in [1.54, 1.807) is 6.21 Å². The monoisotopic (exact) mass is 261 g/mol. The third-order valence-corrected chi connectivity index (χ3v) is 3.63. The molecule has 0 aliphatic heterocycles. The second-order valence-electron chi connectivity index (χ2n) is 4.78. The first-order valence-corrected chi connectivity index (χ1v) is 6.89. The largest absolute Gasteiger partial charge is 0.441 e. The highest BCUT2D eigenvalue weighted by Crippen LogP contribution is 2.24. The number of aliphatic imine (C=N–C) groups is 1. The summed E-state index contributed by atoms with van der Waals surface area (Å²) in [5, 5.41) is 0. The van der Waals surface area contributed by atoms with Crippen molar-refractivity contribution in [3.63, 3.8) is 0 Å². The predicted octanol–water partition coefficient (Wildman–Crippen LogP) is 4.52. The van der Waals surface area contributed by atoms with Crippen LogP contribution >= 0.6 is 0 Å². The highest BCUT2D eigenvalue weighted by Gasteiger charge is 2.28. The van der Waals surface area contributed by atoms with E-state index >= 15 is 0 Å². The lowest BCUT2D eigenvalue weighted by molar-refractivity contribution is 0.00742. The number of hydrogen-bond donors (Lipinski definition) is 0. The van der Waals surface area contributed by atoms with E-state index < -0.39 is 6.09 Å². The molecular formula is C16H23NO2. The molecule has 0 unspecified atom stereocenters. The van der Waals surface area contributed by atoms with Gasteiger partial charge in [0.25, 0.3) is 0 Å². The smallest absolute Gasteiger partial charge is 0.434 e. The molecule has 1 amide bonds. The molecule has 104 valence electrons. The molecule has 0 heterocycles. The molecule has 0 bridgehead atoms. The number of amides is 1. The minimum atomic E-state index is -0.508. The molecule has 3 heteroatoms. The number of benzene rings is 1. The van der Waals surface area contributed by atoms with Crippen molar-refractivity contribution < 1.29 is 9.53 Å². The molecule has 0 fully saturated rings. The zero-order chi connectivity index (χ0) is 14.3. The number of carbonyl (C=O) groups excluding carboxylic acids is 1. The summed E-state index contributed by atoms with van der Waals surface area (Å²) >= 11 is 0. The molecule has 0 N–H and O–H groups in total. The van der Waals surface area contributed by atoms with E-state index in [-0.39, 0.29) is 5.60 Å². The van der Waals surface area contributed by atoms with E-state index in [1.807, 2.05) is 52.0 Å². The Hall–Kier alpha value is -1.64. The SMILES string of the molecule is CCC(CC)(CC)OC(=O)/N=C/c1ccc(C)cc1. The van der Waals surface area contributed by atoms with E-state index in [1.165, 1.54) is 5.56 Å². The van der Waals surface area contributed by atoms with Crippen molar-refractivity contribution in [3.05, 3.63) is 35.4 Å². The third-order valence-electron chi connectivity index (χ3n) is 3.63. The number of aryl methyl sites for hydroxylation is 1. The van der Waals surface area contributed by atoms with Gasteiger partial charge in [-0.15, -0.1) is 0 Å². The summed E-state index contributed by atoms with van der Waals surface area (Å²) in [6.45, 7) is 8.12. The fourth-order valence-electron chi connectivity index (χ4n) is 1.96. The van der Waals surface area contributed by atoms with Crippen LogP contribution in [0.15, 0.2) is 29.3 Å². The van der Waals surface area contributed by atoms with Gasteiger partial charge in [-0.1, -0.05) is 50.6 Å². The Bertz CT molecular complexity index is 422. The maximum absolute atomic E-state index is 11.8. The van der Waals surface area contributed by atoms with E-state index in [2.05, 4.69) is 4.99 Å². The van der Waals surface area contributed by atoms with E-state index in [0.717, 1.165) is 24.8 Å². The third kappa shape index (κ3) is 4.51. The van der Waals surface area contributed by atoms with Crippen LogP contribution in [0.1, 0.15) is 51.2 Å².